The zero-order chi connectivity index (χ0) is 14.4. The fraction of sp³-hybridized carbons (Fsp3) is 0.429. The van der Waals surface area contributed by atoms with Crippen molar-refractivity contribution in [1.29, 1.82) is 0 Å². The number of benzene rings is 1. The molecule has 0 unspecified atom stereocenters. The molecule has 5 nitrogen and oxygen atoms in total. The van der Waals surface area contributed by atoms with Crippen molar-refractivity contribution in [2.24, 2.45) is 0 Å². The van der Waals surface area contributed by atoms with Crippen molar-refractivity contribution in [2.75, 3.05) is 20.6 Å². The number of likely N-dealkylation sites (N-methyl/N-ethyl adjacent to an activating group) is 1. The summed E-state index contributed by atoms with van der Waals surface area (Å²) in [5.74, 6) is 0. The molecule has 0 spiro atoms. The lowest BCUT2D eigenvalue weighted by Gasteiger charge is -2.16. The van der Waals surface area contributed by atoms with E-state index in [4.69, 9.17) is 0 Å². The molecule has 0 saturated carbocycles. The molecule has 20 heavy (non-hydrogen) atoms. The van der Waals surface area contributed by atoms with E-state index in [1.54, 1.807) is 0 Å². The lowest BCUT2D eigenvalue weighted by molar-refractivity contribution is 0.304. The molecular weight excluding hydrogens is 318 g/mol. The first-order valence-electron chi connectivity index (χ1n) is 6.64. The van der Waals surface area contributed by atoms with Crippen LogP contribution < -0.4 is 5.32 Å². The maximum atomic E-state index is 4.12. The van der Waals surface area contributed by atoms with Crippen LogP contribution in [0.15, 0.2) is 34.9 Å². The molecular formula is C14H20BrN5. The van der Waals surface area contributed by atoms with E-state index in [0.29, 0.717) is 0 Å². The first kappa shape index (κ1) is 15.2. The maximum absolute atomic E-state index is 4.12. The molecule has 0 aliphatic heterocycles. The number of nitrogens with zero attached hydrogens (tertiary/aromatic N) is 4. The smallest absolute Gasteiger partial charge is 0.0964 e. The molecule has 2 rings (SSSR count). The van der Waals surface area contributed by atoms with E-state index in [1.807, 2.05) is 17.9 Å². The normalized spacial score (nSPS) is 11.2. The van der Waals surface area contributed by atoms with Crippen molar-refractivity contribution in [3.05, 3.63) is 46.2 Å². The summed E-state index contributed by atoms with van der Waals surface area (Å²) >= 11 is 3.45. The minimum absolute atomic E-state index is 0.759. The van der Waals surface area contributed by atoms with Gasteiger partial charge in [0.25, 0.3) is 0 Å². The fourth-order valence-corrected chi connectivity index (χ4v) is 2.23. The van der Waals surface area contributed by atoms with Gasteiger partial charge in [-0.2, -0.15) is 0 Å². The van der Waals surface area contributed by atoms with Crippen molar-refractivity contribution < 1.29 is 0 Å². The Morgan fingerprint density at radius 3 is 2.75 bits per heavy atom. The molecule has 0 atom stereocenters. The molecule has 108 valence electrons. The molecule has 6 heteroatoms. The van der Waals surface area contributed by atoms with E-state index < -0.39 is 0 Å². The molecule has 1 aromatic carbocycles. The highest BCUT2D eigenvalue weighted by molar-refractivity contribution is 9.10. The Hall–Kier alpha value is -1.24. The van der Waals surface area contributed by atoms with Gasteiger partial charge in [-0.3, -0.25) is 4.68 Å². The van der Waals surface area contributed by atoms with Gasteiger partial charge in [0.1, 0.15) is 0 Å². The Labute approximate surface area is 128 Å². The predicted molar refractivity (Wildman–Crippen MR) is 83.3 cm³/mol. The Kier molecular flexibility index (Phi) is 5.70. The van der Waals surface area contributed by atoms with Crippen LogP contribution in [0.25, 0.3) is 0 Å². The molecule has 1 N–H and O–H groups in total. The minimum atomic E-state index is 0.759. The van der Waals surface area contributed by atoms with Crippen molar-refractivity contribution in [2.45, 2.75) is 19.6 Å². The molecule has 2 aromatic rings. The third-order valence-corrected chi connectivity index (χ3v) is 3.55. The number of hydrogen-bond donors (Lipinski definition) is 1. The van der Waals surface area contributed by atoms with Crippen LogP contribution in [0.5, 0.6) is 0 Å². The summed E-state index contributed by atoms with van der Waals surface area (Å²) in [7, 11) is 4.03. The second-order valence-corrected chi connectivity index (χ2v) is 5.78. The van der Waals surface area contributed by atoms with Gasteiger partial charge in [-0.25, -0.2) is 0 Å². The van der Waals surface area contributed by atoms with Crippen LogP contribution in [0.2, 0.25) is 0 Å². The van der Waals surface area contributed by atoms with Crippen LogP contribution in [-0.4, -0.2) is 40.5 Å². The van der Waals surface area contributed by atoms with Crippen molar-refractivity contribution in [3.63, 3.8) is 0 Å². The van der Waals surface area contributed by atoms with E-state index in [2.05, 4.69) is 67.8 Å². The number of aromatic nitrogens is 3. The van der Waals surface area contributed by atoms with E-state index in [9.17, 15) is 0 Å². The highest BCUT2D eigenvalue weighted by atomic mass is 79.9. The zero-order valence-electron chi connectivity index (χ0n) is 11.9. The zero-order valence-corrected chi connectivity index (χ0v) is 13.5. The summed E-state index contributed by atoms with van der Waals surface area (Å²) in [4.78, 5) is 2.28. The van der Waals surface area contributed by atoms with Gasteiger partial charge in [0.15, 0.2) is 0 Å². The Balaban J connectivity index is 1.79. The quantitative estimate of drug-likeness (QED) is 0.838. The van der Waals surface area contributed by atoms with Gasteiger partial charge in [-0.15, -0.1) is 5.10 Å². The monoisotopic (exact) mass is 337 g/mol. The minimum Gasteiger partial charge on any atom is -0.314 e. The largest absolute Gasteiger partial charge is 0.314 e. The average Bonchev–Trinajstić information content (AvgIpc) is 2.87. The molecule has 0 aliphatic rings. The van der Waals surface area contributed by atoms with Crippen LogP contribution in [0.4, 0.5) is 0 Å². The fourth-order valence-electron chi connectivity index (χ4n) is 1.96. The summed E-state index contributed by atoms with van der Waals surface area (Å²) in [6.07, 6.45) is 1.99. The molecule has 0 saturated heterocycles. The predicted octanol–water partition coefficient (Wildman–Crippen LogP) is 1.89. The van der Waals surface area contributed by atoms with Crippen molar-refractivity contribution >= 4 is 15.9 Å². The lowest BCUT2D eigenvalue weighted by Crippen LogP contribution is -2.23. The second kappa shape index (κ2) is 7.52. The molecule has 0 aliphatic carbocycles. The summed E-state index contributed by atoms with van der Waals surface area (Å²) in [6, 6.07) is 8.43. The second-order valence-electron chi connectivity index (χ2n) is 4.87. The average molecular weight is 338 g/mol. The molecule has 0 fully saturated rings. The standard InChI is InChI=1S/C14H20BrN5/c1-16-9-14-11-20(18-17-14)8-7-19(2)10-12-3-5-13(15)6-4-12/h3-6,11,16H,7-10H2,1-2H3. The molecule has 0 amide bonds. The Bertz CT molecular complexity index is 523. The van der Waals surface area contributed by atoms with E-state index in [0.717, 1.165) is 36.3 Å². The number of nitrogens with one attached hydrogen (secondary N) is 1. The van der Waals surface area contributed by atoms with Gasteiger partial charge in [0.05, 0.1) is 12.2 Å². The van der Waals surface area contributed by atoms with Gasteiger partial charge in [0, 0.05) is 30.3 Å². The lowest BCUT2D eigenvalue weighted by atomic mass is 10.2. The Morgan fingerprint density at radius 1 is 1.30 bits per heavy atom. The van der Waals surface area contributed by atoms with E-state index in [1.165, 1.54) is 5.56 Å². The molecule has 1 aromatic heterocycles. The van der Waals surface area contributed by atoms with Gasteiger partial charge >= 0.3 is 0 Å². The van der Waals surface area contributed by atoms with Crippen molar-refractivity contribution in [1.82, 2.24) is 25.2 Å². The maximum Gasteiger partial charge on any atom is 0.0964 e. The van der Waals surface area contributed by atoms with Gasteiger partial charge in [-0.1, -0.05) is 33.3 Å². The number of halogens is 1. The first-order chi connectivity index (χ1) is 9.67. The molecule has 0 radical (unpaired) electrons. The van der Waals surface area contributed by atoms with Gasteiger partial charge < -0.3 is 10.2 Å². The van der Waals surface area contributed by atoms with E-state index in [-0.39, 0.29) is 0 Å². The number of hydrogen-bond acceptors (Lipinski definition) is 4. The number of rotatable bonds is 7. The topological polar surface area (TPSA) is 46.0 Å². The third-order valence-electron chi connectivity index (χ3n) is 3.02. The summed E-state index contributed by atoms with van der Waals surface area (Å²) in [5.41, 5.74) is 2.29. The van der Waals surface area contributed by atoms with Crippen molar-refractivity contribution in [3.8, 4) is 0 Å². The highest BCUT2D eigenvalue weighted by Gasteiger charge is 2.03. The van der Waals surface area contributed by atoms with Crippen LogP contribution in [-0.2, 0) is 19.6 Å². The first-order valence-corrected chi connectivity index (χ1v) is 7.43. The Morgan fingerprint density at radius 2 is 2.05 bits per heavy atom. The van der Waals surface area contributed by atoms with Crippen LogP contribution in [0.3, 0.4) is 0 Å². The summed E-state index contributed by atoms with van der Waals surface area (Å²) in [6.45, 7) is 3.49. The van der Waals surface area contributed by atoms with E-state index >= 15 is 0 Å². The van der Waals surface area contributed by atoms with Gasteiger partial charge in [-0.05, 0) is 31.8 Å². The van der Waals surface area contributed by atoms with Crippen LogP contribution in [0.1, 0.15) is 11.3 Å². The summed E-state index contributed by atoms with van der Waals surface area (Å²) in [5, 5.41) is 11.3. The van der Waals surface area contributed by atoms with Crippen LogP contribution >= 0.6 is 15.9 Å². The molecule has 1 heterocycles. The van der Waals surface area contributed by atoms with Gasteiger partial charge in [0.2, 0.25) is 0 Å². The highest BCUT2D eigenvalue weighted by Crippen LogP contribution is 2.11. The SMILES string of the molecule is CNCc1cn(CCN(C)Cc2ccc(Br)cc2)nn1. The van der Waals surface area contributed by atoms with Crippen LogP contribution in [0, 0.1) is 0 Å². The summed E-state index contributed by atoms with van der Waals surface area (Å²) < 4.78 is 3.01. The third kappa shape index (κ3) is 4.70. The molecule has 0 bridgehead atoms.